The first-order valence-corrected chi connectivity index (χ1v) is 5.78. The molecule has 1 aromatic heterocycles. The second kappa shape index (κ2) is 4.91. The molecule has 8 heteroatoms. The summed E-state index contributed by atoms with van der Waals surface area (Å²) in [4.78, 5) is 17.3. The average molecular weight is 253 g/mol. The minimum Gasteiger partial charge on any atom is -0.347 e. The highest BCUT2D eigenvalue weighted by atomic mass is 32.1. The van der Waals surface area contributed by atoms with Crippen LogP contribution in [0.4, 0.5) is 0 Å². The van der Waals surface area contributed by atoms with Crippen LogP contribution < -0.4 is 5.32 Å². The van der Waals surface area contributed by atoms with E-state index in [0.29, 0.717) is 13.1 Å². The Morgan fingerprint density at radius 3 is 3.24 bits per heavy atom. The number of aryl methyl sites for hydroxylation is 1. The molecule has 0 saturated carbocycles. The molecule has 90 valence electrons. The number of rotatable bonds is 3. The average Bonchev–Trinajstić information content (AvgIpc) is 2.66. The minimum atomic E-state index is -0.702. The van der Waals surface area contributed by atoms with Gasteiger partial charge in [-0.3, -0.25) is 0 Å². The summed E-state index contributed by atoms with van der Waals surface area (Å²) in [7, 11) is 0. The maximum absolute atomic E-state index is 10.4. The Kier molecular flexibility index (Phi) is 3.33. The fraction of sp³-hybridized carbons (Fsp3) is 0.333. The van der Waals surface area contributed by atoms with Crippen LogP contribution in [0, 0.1) is 17.0 Å². The number of hydrogen-bond donors (Lipinski definition) is 1. The van der Waals surface area contributed by atoms with Crippen LogP contribution in [0.1, 0.15) is 9.88 Å². The second-order valence-electron chi connectivity index (χ2n) is 3.40. The third-order valence-corrected chi connectivity index (χ3v) is 3.00. The van der Waals surface area contributed by atoms with Crippen LogP contribution in [-0.2, 0) is 6.54 Å². The third kappa shape index (κ3) is 3.00. The number of nitrogens with one attached hydrogen (secondary N) is 1. The van der Waals surface area contributed by atoms with Crippen LogP contribution in [0.2, 0.25) is 0 Å². The smallest absolute Gasteiger partial charge is 0.275 e. The normalized spacial score (nSPS) is 17.2. The summed E-state index contributed by atoms with van der Waals surface area (Å²) in [5.41, 5.74) is 0. The number of thiazole rings is 1. The van der Waals surface area contributed by atoms with Gasteiger partial charge in [0.05, 0.1) is 11.6 Å². The molecule has 0 bridgehead atoms. The quantitative estimate of drug-likeness (QED) is 0.639. The van der Waals surface area contributed by atoms with Gasteiger partial charge in [-0.1, -0.05) is 0 Å². The van der Waals surface area contributed by atoms with Crippen LogP contribution in [0.25, 0.3) is 0 Å². The van der Waals surface area contributed by atoms with Crippen molar-refractivity contribution < 1.29 is 5.03 Å². The van der Waals surface area contributed by atoms with Crippen molar-refractivity contribution in [2.45, 2.75) is 13.5 Å². The molecule has 1 aromatic rings. The van der Waals surface area contributed by atoms with E-state index in [1.54, 1.807) is 28.6 Å². The van der Waals surface area contributed by atoms with E-state index in [1.807, 2.05) is 13.0 Å². The molecular weight excluding hydrogens is 242 g/mol. The molecule has 0 spiro atoms. The minimum absolute atomic E-state index is 0.253. The van der Waals surface area contributed by atoms with E-state index >= 15 is 0 Å². The number of nitro groups is 1. The first-order chi connectivity index (χ1) is 8.15. The monoisotopic (exact) mass is 253 g/mol. The highest BCUT2D eigenvalue weighted by Crippen LogP contribution is 2.15. The molecule has 1 aliphatic heterocycles. The zero-order valence-corrected chi connectivity index (χ0v) is 9.98. The van der Waals surface area contributed by atoms with Gasteiger partial charge in [0.25, 0.3) is 5.96 Å². The van der Waals surface area contributed by atoms with Crippen molar-refractivity contribution in [3.8, 4) is 0 Å². The van der Waals surface area contributed by atoms with Gasteiger partial charge in [0.2, 0.25) is 0 Å². The Labute approximate surface area is 102 Å². The highest BCUT2D eigenvalue weighted by Gasteiger charge is 2.16. The van der Waals surface area contributed by atoms with Crippen molar-refractivity contribution in [2.75, 3.05) is 6.54 Å². The second-order valence-corrected chi connectivity index (χ2v) is 4.72. The predicted molar refractivity (Wildman–Crippen MR) is 64.0 cm³/mol. The van der Waals surface area contributed by atoms with Crippen LogP contribution >= 0.6 is 11.3 Å². The Morgan fingerprint density at radius 1 is 1.76 bits per heavy atom. The zero-order valence-electron chi connectivity index (χ0n) is 9.16. The Hall–Kier alpha value is -1.96. The molecule has 0 fully saturated rings. The lowest BCUT2D eigenvalue weighted by molar-refractivity contribution is -0.485. The first kappa shape index (κ1) is 11.5. The van der Waals surface area contributed by atoms with Gasteiger partial charge in [0, 0.05) is 23.8 Å². The van der Waals surface area contributed by atoms with Crippen molar-refractivity contribution >= 4 is 17.3 Å². The summed E-state index contributed by atoms with van der Waals surface area (Å²) in [5.74, 6) is 0.253. The fourth-order valence-corrected chi connectivity index (χ4v) is 2.24. The molecule has 1 N–H and O–H groups in total. The fourth-order valence-electron chi connectivity index (χ4n) is 1.45. The molecule has 17 heavy (non-hydrogen) atoms. The van der Waals surface area contributed by atoms with Gasteiger partial charge in [-0.2, -0.15) is 0 Å². The first-order valence-electron chi connectivity index (χ1n) is 4.96. The third-order valence-electron chi connectivity index (χ3n) is 2.11. The Morgan fingerprint density at radius 2 is 2.59 bits per heavy atom. The molecule has 2 heterocycles. The molecule has 2 rings (SSSR count). The van der Waals surface area contributed by atoms with Gasteiger partial charge in [0.15, 0.2) is 5.03 Å². The van der Waals surface area contributed by atoms with Crippen molar-refractivity contribution in [3.05, 3.63) is 38.5 Å². The number of aromatic nitrogens is 1. The molecule has 0 radical (unpaired) electrons. The molecule has 0 atom stereocenters. The van der Waals surface area contributed by atoms with E-state index in [0.717, 1.165) is 9.88 Å². The molecule has 1 aliphatic rings. The largest absolute Gasteiger partial charge is 0.347 e. The summed E-state index contributed by atoms with van der Waals surface area (Å²) in [6, 6.07) is 0. The Bertz CT molecular complexity index is 481. The SMILES string of the molecule is Cc1ncc(CN2C=CCNC2=N[N+](=O)[O-])s1. The lowest BCUT2D eigenvalue weighted by atomic mass is 10.4. The topological polar surface area (TPSA) is 83.7 Å². The van der Waals surface area contributed by atoms with E-state index in [1.165, 1.54) is 0 Å². The van der Waals surface area contributed by atoms with Gasteiger partial charge in [0.1, 0.15) is 5.10 Å². The molecule has 7 nitrogen and oxygen atoms in total. The van der Waals surface area contributed by atoms with E-state index < -0.39 is 5.03 Å². The number of hydrogen-bond acceptors (Lipinski definition) is 4. The summed E-state index contributed by atoms with van der Waals surface area (Å²) < 4.78 is 0. The number of nitrogens with zero attached hydrogens (tertiary/aromatic N) is 4. The summed E-state index contributed by atoms with van der Waals surface area (Å²) >= 11 is 1.56. The van der Waals surface area contributed by atoms with E-state index in [-0.39, 0.29) is 5.96 Å². The molecule has 0 aromatic carbocycles. The van der Waals surface area contributed by atoms with Crippen molar-refractivity contribution in [2.24, 2.45) is 5.10 Å². The summed E-state index contributed by atoms with van der Waals surface area (Å²) in [6.07, 6.45) is 5.44. The van der Waals surface area contributed by atoms with Crippen molar-refractivity contribution in [3.63, 3.8) is 0 Å². The molecular formula is C9H11N5O2S. The molecule has 0 amide bonds. The number of hydrazone groups is 1. The van der Waals surface area contributed by atoms with Crippen molar-refractivity contribution in [1.82, 2.24) is 15.2 Å². The standard InChI is InChI=1S/C9H11N5O2S/c1-7-11-5-8(17-7)6-13-4-2-3-10-9(13)12-14(15)16/h2,4-5H,3,6H2,1H3,(H,10,12). The van der Waals surface area contributed by atoms with Crippen LogP contribution in [-0.4, -0.2) is 27.4 Å². The van der Waals surface area contributed by atoms with Gasteiger partial charge in [-0.15, -0.1) is 11.3 Å². The lowest BCUT2D eigenvalue weighted by Gasteiger charge is -2.22. The lowest BCUT2D eigenvalue weighted by Crippen LogP contribution is -2.41. The van der Waals surface area contributed by atoms with Crippen LogP contribution in [0.15, 0.2) is 23.6 Å². The molecule has 0 saturated heterocycles. The number of guanidine groups is 1. The zero-order chi connectivity index (χ0) is 12.3. The predicted octanol–water partition coefficient (Wildman–Crippen LogP) is 0.918. The molecule has 0 unspecified atom stereocenters. The summed E-state index contributed by atoms with van der Waals surface area (Å²) in [6.45, 7) is 3.00. The van der Waals surface area contributed by atoms with Gasteiger partial charge >= 0.3 is 0 Å². The van der Waals surface area contributed by atoms with Gasteiger partial charge in [-0.05, 0) is 13.0 Å². The van der Waals surface area contributed by atoms with E-state index in [2.05, 4.69) is 15.4 Å². The van der Waals surface area contributed by atoms with E-state index in [4.69, 9.17) is 0 Å². The Balaban J connectivity index is 2.14. The highest BCUT2D eigenvalue weighted by molar-refractivity contribution is 7.11. The maximum Gasteiger partial charge on any atom is 0.275 e. The molecule has 0 aliphatic carbocycles. The van der Waals surface area contributed by atoms with Gasteiger partial charge < -0.3 is 10.2 Å². The maximum atomic E-state index is 10.4. The van der Waals surface area contributed by atoms with Crippen LogP contribution in [0.5, 0.6) is 0 Å². The van der Waals surface area contributed by atoms with Crippen LogP contribution in [0.3, 0.4) is 0 Å². The van der Waals surface area contributed by atoms with E-state index in [9.17, 15) is 10.1 Å². The summed E-state index contributed by atoms with van der Waals surface area (Å²) in [5, 5.41) is 16.8. The van der Waals surface area contributed by atoms with Gasteiger partial charge in [-0.25, -0.2) is 15.1 Å². The van der Waals surface area contributed by atoms with Crippen molar-refractivity contribution in [1.29, 1.82) is 0 Å².